The molecule has 132 valence electrons. The SMILES string of the molecule is C[C@H](N)[C@@H]1CCCCN1C(=O)c1cccc(CN2CCOCC2)c1. The number of piperidine rings is 1. The number of morpholine rings is 1. The smallest absolute Gasteiger partial charge is 0.254 e. The molecular formula is C19H29N3O2. The summed E-state index contributed by atoms with van der Waals surface area (Å²) in [6.07, 6.45) is 3.24. The van der Waals surface area contributed by atoms with Crippen molar-refractivity contribution in [2.24, 2.45) is 5.73 Å². The third-order valence-corrected chi connectivity index (χ3v) is 5.10. The second-order valence-electron chi connectivity index (χ2n) is 7.01. The van der Waals surface area contributed by atoms with E-state index >= 15 is 0 Å². The Balaban J connectivity index is 1.71. The lowest BCUT2D eigenvalue weighted by Crippen LogP contribution is -2.51. The van der Waals surface area contributed by atoms with Gasteiger partial charge in [0.2, 0.25) is 0 Å². The van der Waals surface area contributed by atoms with Crippen molar-refractivity contribution in [3.05, 3.63) is 35.4 Å². The standard InChI is InChI=1S/C19H29N3O2/c1-15(20)18-7-2-3-8-22(18)19(23)17-6-4-5-16(13-17)14-21-9-11-24-12-10-21/h4-6,13,15,18H,2-3,7-12,14,20H2,1H3/t15-,18-/m0/s1. The molecule has 1 aromatic rings. The molecule has 2 aliphatic heterocycles. The van der Waals surface area contributed by atoms with Crippen LogP contribution in [0.3, 0.4) is 0 Å². The van der Waals surface area contributed by atoms with Gasteiger partial charge in [0, 0.05) is 43.8 Å². The molecule has 1 aromatic carbocycles. The van der Waals surface area contributed by atoms with Crippen LogP contribution >= 0.6 is 0 Å². The first-order chi connectivity index (χ1) is 11.6. The zero-order valence-corrected chi connectivity index (χ0v) is 14.6. The number of amides is 1. The molecule has 2 saturated heterocycles. The van der Waals surface area contributed by atoms with E-state index in [1.807, 2.05) is 30.0 Å². The van der Waals surface area contributed by atoms with E-state index in [2.05, 4.69) is 11.0 Å². The van der Waals surface area contributed by atoms with E-state index in [9.17, 15) is 4.79 Å². The second kappa shape index (κ2) is 8.10. The highest BCUT2D eigenvalue weighted by Crippen LogP contribution is 2.22. The van der Waals surface area contributed by atoms with Gasteiger partial charge >= 0.3 is 0 Å². The Morgan fingerprint density at radius 2 is 2.08 bits per heavy atom. The highest BCUT2D eigenvalue weighted by molar-refractivity contribution is 5.94. The molecule has 0 spiro atoms. The predicted octanol–water partition coefficient (Wildman–Crippen LogP) is 1.86. The highest BCUT2D eigenvalue weighted by Gasteiger charge is 2.29. The summed E-state index contributed by atoms with van der Waals surface area (Å²) in [6, 6.07) is 8.25. The third-order valence-electron chi connectivity index (χ3n) is 5.10. The Labute approximate surface area is 144 Å². The summed E-state index contributed by atoms with van der Waals surface area (Å²) in [4.78, 5) is 17.4. The van der Waals surface area contributed by atoms with Gasteiger partial charge in [-0.15, -0.1) is 0 Å². The van der Waals surface area contributed by atoms with Gasteiger partial charge in [0.05, 0.1) is 13.2 Å². The molecule has 0 aliphatic carbocycles. The van der Waals surface area contributed by atoms with Gasteiger partial charge in [0.1, 0.15) is 0 Å². The van der Waals surface area contributed by atoms with Gasteiger partial charge in [0.15, 0.2) is 0 Å². The van der Waals surface area contributed by atoms with Gasteiger partial charge in [-0.25, -0.2) is 0 Å². The highest BCUT2D eigenvalue weighted by atomic mass is 16.5. The van der Waals surface area contributed by atoms with Crippen molar-refractivity contribution in [2.75, 3.05) is 32.8 Å². The van der Waals surface area contributed by atoms with Crippen molar-refractivity contribution < 1.29 is 9.53 Å². The van der Waals surface area contributed by atoms with Crippen LogP contribution in [0.1, 0.15) is 42.1 Å². The summed E-state index contributed by atoms with van der Waals surface area (Å²) < 4.78 is 5.40. The van der Waals surface area contributed by atoms with Gasteiger partial charge in [-0.05, 0) is 43.9 Å². The Morgan fingerprint density at radius 3 is 2.83 bits per heavy atom. The third kappa shape index (κ3) is 4.15. The van der Waals surface area contributed by atoms with Crippen LogP contribution in [0.5, 0.6) is 0 Å². The maximum atomic E-state index is 13.0. The predicted molar refractivity (Wildman–Crippen MR) is 94.9 cm³/mol. The molecule has 2 fully saturated rings. The molecule has 5 heteroatoms. The number of nitrogens with zero attached hydrogens (tertiary/aromatic N) is 2. The van der Waals surface area contributed by atoms with E-state index in [1.165, 1.54) is 5.56 Å². The van der Waals surface area contributed by atoms with Crippen molar-refractivity contribution in [1.29, 1.82) is 0 Å². The van der Waals surface area contributed by atoms with Gasteiger partial charge in [-0.2, -0.15) is 0 Å². The summed E-state index contributed by atoms with van der Waals surface area (Å²) in [5.74, 6) is 0.126. The Morgan fingerprint density at radius 1 is 1.29 bits per heavy atom. The molecule has 0 radical (unpaired) electrons. The van der Waals surface area contributed by atoms with Crippen LogP contribution in [0.2, 0.25) is 0 Å². The topological polar surface area (TPSA) is 58.8 Å². The molecule has 0 bridgehead atoms. The maximum Gasteiger partial charge on any atom is 0.254 e. The molecule has 2 heterocycles. The summed E-state index contributed by atoms with van der Waals surface area (Å²) in [7, 11) is 0. The first-order valence-electron chi connectivity index (χ1n) is 9.11. The van der Waals surface area contributed by atoms with Crippen molar-refractivity contribution in [3.8, 4) is 0 Å². The lowest BCUT2D eigenvalue weighted by molar-refractivity contribution is 0.0341. The lowest BCUT2D eigenvalue weighted by atomic mass is 9.95. The van der Waals surface area contributed by atoms with Crippen LogP contribution in [-0.4, -0.2) is 60.6 Å². The fraction of sp³-hybridized carbons (Fsp3) is 0.632. The molecule has 3 rings (SSSR count). The number of hydrogen-bond donors (Lipinski definition) is 1. The summed E-state index contributed by atoms with van der Waals surface area (Å²) in [5.41, 5.74) is 8.09. The van der Waals surface area contributed by atoms with Gasteiger partial charge in [-0.1, -0.05) is 12.1 Å². The van der Waals surface area contributed by atoms with Crippen molar-refractivity contribution >= 4 is 5.91 Å². The summed E-state index contributed by atoms with van der Waals surface area (Å²) in [5, 5.41) is 0. The molecule has 0 aromatic heterocycles. The Hall–Kier alpha value is -1.43. The molecule has 2 N–H and O–H groups in total. The molecule has 1 amide bonds. The van der Waals surface area contributed by atoms with Crippen LogP contribution in [-0.2, 0) is 11.3 Å². The van der Waals surface area contributed by atoms with Crippen molar-refractivity contribution in [2.45, 2.75) is 44.8 Å². The minimum atomic E-state index is 0.0192. The van der Waals surface area contributed by atoms with Crippen LogP contribution in [0.25, 0.3) is 0 Å². The number of benzene rings is 1. The number of rotatable bonds is 4. The van der Waals surface area contributed by atoms with E-state index in [4.69, 9.17) is 10.5 Å². The number of likely N-dealkylation sites (tertiary alicyclic amines) is 1. The molecular weight excluding hydrogens is 302 g/mol. The minimum Gasteiger partial charge on any atom is -0.379 e. The quantitative estimate of drug-likeness (QED) is 0.915. The van der Waals surface area contributed by atoms with Crippen LogP contribution < -0.4 is 5.73 Å². The van der Waals surface area contributed by atoms with Crippen LogP contribution in [0.15, 0.2) is 24.3 Å². The first-order valence-corrected chi connectivity index (χ1v) is 9.11. The van der Waals surface area contributed by atoms with E-state index in [0.29, 0.717) is 0 Å². The number of nitrogens with two attached hydrogens (primary N) is 1. The Bertz CT molecular complexity index is 555. The van der Waals surface area contributed by atoms with Crippen LogP contribution in [0, 0.1) is 0 Å². The summed E-state index contributed by atoms with van der Waals surface area (Å²) >= 11 is 0. The van der Waals surface area contributed by atoms with Crippen LogP contribution in [0.4, 0.5) is 0 Å². The van der Waals surface area contributed by atoms with E-state index in [0.717, 1.165) is 64.2 Å². The molecule has 24 heavy (non-hydrogen) atoms. The molecule has 0 unspecified atom stereocenters. The average Bonchev–Trinajstić information content (AvgIpc) is 2.62. The second-order valence-corrected chi connectivity index (χ2v) is 7.01. The van der Waals surface area contributed by atoms with Gasteiger partial charge in [0.25, 0.3) is 5.91 Å². The molecule has 2 atom stereocenters. The fourth-order valence-corrected chi connectivity index (χ4v) is 3.74. The van der Waals surface area contributed by atoms with Gasteiger partial charge in [-0.3, -0.25) is 9.69 Å². The number of carbonyl (C=O) groups is 1. The van der Waals surface area contributed by atoms with E-state index < -0.39 is 0 Å². The number of carbonyl (C=O) groups excluding carboxylic acids is 1. The molecule has 2 aliphatic rings. The minimum absolute atomic E-state index is 0.0192. The van der Waals surface area contributed by atoms with Crippen molar-refractivity contribution in [1.82, 2.24) is 9.80 Å². The fourth-order valence-electron chi connectivity index (χ4n) is 3.74. The lowest BCUT2D eigenvalue weighted by Gasteiger charge is -2.38. The monoisotopic (exact) mass is 331 g/mol. The zero-order valence-electron chi connectivity index (χ0n) is 14.6. The largest absolute Gasteiger partial charge is 0.379 e. The van der Waals surface area contributed by atoms with Crippen molar-refractivity contribution in [3.63, 3.8) is 0 Å². The maximum absolute atomic E-state index is 13.0. The number of ether oxygens (including phenoxy) is 1. The van der Waals surface area contributed by atoms with E-state index in [-0.39, 0.29) is 18.0 Å². The Kier molecular flexibility index (Phi) is 5.87. The summed E-state index contributed by atoms with van der Waals surface area (Å²) in [6.45, 7) is 7.20. The zero-order chi connectivity index (χ0) is 16.9. The average molecular weight is 331 g/mol. The van der Waals surface area contributed by atoms with Gasteiger partial charge < -0.3 is 15.4 Å². The normalized spacial score (nSPS) is 23.9. The molecule has 5 nitrogen and oxygen atoms in total. The first kappa shape index (κ1) is 17.4. The molecule has 0 saturated carbocycles. The van der Waals surface area contributed by atoms with E-state index in [1.54, 1.807) is 0 Å². The number of hydrogen-bond acceptors (Lipinski definition) is 4.